The van der Waals surface area contributed by atoms with Gasteiger partial charge >= 0.3 is 5.97 Å². The van der Waals surface area contributed by atoms with Gasteiger partial charge in [0.05, 0.1) is 0 Å². The van der Waals surface area contributed by atoms with Gasteiger partial charge in [-0.3, -0.25) is 14.6 Å². The average molecular weight is 400 g/mol. The number of ether oxygens (including phenoxy) is 1. The second kappa shape index (κ2) is 8.20. The predicted octanol–water partition coefficient (Wildman–Crippen LogP) is 5.40. The largest absolute Gasteiger partial charge is 0.462 e. The molecule has 1 aromatic carbocycles. The van der Waals surface area contributed by atoms with Crippen molar-refractivity contribution >= 4 is 29.1 Å². The number of esters is 1. The topological polar surface area (TPSA) is 55.7 Å². The Hall–Kier alpha value is -1.94. The first kappa shape index (κ1) is 19.4. The van der Waals surface area contributed by atoms with Crippen LogP contribution in [0.3, 0.4) is 0 Å². The van der Waals surface area contributed by atoms with Gasteiger partial charge in [-0.15, -0.1) is 0 Å². The maximum atomic E-state index is 13.3. The molecule has 0 saturated heterocycles. The van der Waals surface area contributed by atoms with E-state index in [1.54, 1.807) is 0 Å². The van der Waals surface area contributed by atoms with Crippen molar-refractivity contribution in [3.63, 3.8) is 0 Å². The molecule has 1 fully saturated rings. The van der Waals surface area contributed by atoms with Gasteiger partial charge in [-0.05, 0) is 63.1 Å². The maximum absolute atomic E-state index is 13.3. The number of nitrogens with zero attached hydrogens (tertiary/aromatic N) is 1. The zero-order chi connectivity index (χ0) is 19.7. The Morgan fingerprint density at radius 3 is 2.68 bits per heavy atom. The Labute approximate surface area is 171 Å². The van der Waals surface area contributed by atoms with Gasteiger partial charge in [0.2, 0.25) is 0 Å². The summed E-state index contributed by atoms with van der Waals surface area (Å²) >= 11 is 6.25. The molecule has 0 N–H and O–H groups in total. The van der Waals surface area contributed by atoms with E-state index in [9.17, 15) is 9.59 Å². The molecule has 0 spiro atoms. The van der Waals surface area contributed by atoms with Crippen LogP contribution in [0.15, 0.2) is 40.5 Å². The van der Waals surface area contributed by atoms with Crippen LogP contribution >= 0.6 is 11.6 Å². The highest BCUT2D eigenvalue weighted by Crippen LogP contribution is 2.44. The Bertz CT molecular complexity index is 851. The fourth-order valence-electron chi connectivity index (χ4n) is 4.79. The lowest BCUT2D eigenvalue weighted by molar-refractivity contribution is -0.153. The van der Waals surface area contributed by atoms with Gasteiger partial charge in [-0.25, -0.2) is 0 Å². The highest BCUT2D eigenvalue weighted by molar-refractivity contribution is 6.30. The molecule has 0 aromatic heterocycles. The maximum Gasteiger partial charge on any atom is 0.315 e. The van der Waals surface area contributed by atoms with E-state index in [-0.39, 0.29) is 23.8 Å². The number of aliphatic imine (C=N–C) groups is 1. The third-order valence-electron chi connectivity index (χ3n) is 6.13. The summed E-state index contributed by atoms with van der Waals surface area (Å²) < 4.78 is 5.91. The van der Waals surface area contributed by atoms with Gasteiger partial charge in [0.25, 0.3) is 0 Å². The molecule has 4 nitrogen and oxygen atoms in total. The molecule has 0 amide bonds. The lowest BCUT2D eigenvalue weighted by atomic mass is 9.72. The van der Waals surface area contributed by atoms with Gasteiger partial charge in [0.1, 0.15) is 12.0 Å². The van der Waals surface area contributed by atoms with Crippen molar-refractivity contribution in [2.75, 3.05) is 0 Å². The molecule has 148 valence electrons. The third-order valence-corrected chi connectivity index (χ3v) is 6.37. The summed E-state index contributed by atoms with van der Waals surface area (Å²) in [6, 6.07) is 7.48. The average Bonchev–Trinajstić information content (AvgIpc) is 2.68. The normalized spacial score (nSPS) is 25.9. The zero-order valence-electron chi connectivity index (χ0n) is 16.2. The van der Waals surface area contributed by atoms with E-state index in [0.717, 1.165) is 55.5 Å². The number of halogens is 1. The van der Waals surface area contributed by atoms with E-state index in [4.69, 9.17) is 21.3 Å². The monoisotopic (exact) mass is 399 g/mol. The van der Waals surface area contributed by atoms with Gasteiger partial charge < -0.3 is 4.74 Å². The fourth-order valence-corrected chi connectivity index (χ4v) is 4.99. The highest BCUT2D eigenvalue weighted by Gasteiger charge is 2.43. The van der Waals surface area contributed by atoms with Crippen LogP contribution in [0.25, 0.3) is 0 Å². The third kappa shape index (κ3) is 3.80. The number of ketones is 1. The number of carbonyl (C=O) groups is 2. The molecule has 1 aromatic rings. The van der Waals surface area contributed by atoms with Crippen LogP contribution in [0.2, 0.25) is 5.02 Å². The summed E-state index contributed by atoms with van der Waals surface area (Å²) in [7, 11) is 0. The van der Waals surface area contributed by atoms with Crippen molar-refractivity contribution in [1.29, 1.82) is 0 Å². The number of benzene rings is 1. The van der Waals surface area contributed by atoms with Crippen LogP contribution in [0.1, 0.15) is 69.8 Å². The van der Waals surface area contributed by atoms with Crippen molar-refractivity contribution in [3.8, 4) is 0 Å². The van der Waals surface area contributed by atoms with E-state index >= 15 is 0 Å². The Morgan fingerprint density at radius 1 is 1.14 bits per heavy atom. The summed E-state index contributed by atoms with van der Waals surface area (Å²) in [4.78, 5) is 30.8. The van der Waals surface area contributed by atoms with Crippen molar-refractivity contribution in [3.05, 3.63) is 46.1 Å². The molecule has 1 heterocycles. The highest BCUT2D eigenvalue weighted by atomic mass is 35.5. The number of Topliss-reactive ketones (excluding diaryl/α,β-unsaturated/α-hetero) is 1. The molecule has 2 aliphatic carbocycles. The minimum absolute atomic E-state index is 0.0218. The first-order chi connectivity index (χ1) is 13.5. The molecule has 0 bridgehead atoms. The van der Waals surface area contributed by atoms with Crippen molar-refractivity contribution in [2.24, 2.45) is 10.9 Å². The lowest BCUT2D eigenvalue weighted by Crippen LogP contribution is -2.38. The molecule has 0 radical (unpaired) electrons. The summed E-state index contributed by atoms with van der Waals surface area (Å²) in [6.07, 6.45) is 7.32. The van der Waals surface area contributed by atoms with Crippen LogP contribution in [-0.4, -0.2) is 23.6 Å². The van der Waals surface area contributed by atoms with Crippen LogP contribution in [0.5, 0.6) is 0 Å². The van der Waals surface area contributed by atoms with Gasteiger partial charge in [0, 0.05) is 34.3 Å². The zero-order valence-corrected chi connectivity index (χ0v) is 17.0. The summed E-state index contributed by atoms with van der Waals surface area (Å²) in [5, 5.41) is 0.600. The smallest absolute Gasteiger partial charge is 0.315 e. The van der Waals surface area contributed by atoms with Gasteiger partial charge in [-0.1, -0.05) is 30.2 Å². The summed E-state index contributed by atoms with van der Waals surface area (Å²) in [5.41, 5.74) is 3.14. The molecule has 1 saturated carbocycles. The van der Waals surface area contributed by atoms with E-state index in [1.807, 2.05) is 31.2 Å². The molecule has 28 heavy (non-hydrogen) atoms. The number of hydrogen-bond acceptors (Lipinski definition) is 4. The number of rotatable bonds is 3. The first-order valence-electron chi connectivity index (χ1n) is 10.3. The van der Waals surface area contributed by atoms with Crippen molar-refractivity contribution < 1.29 is 14.3 Å². The van der Waals surface area contributed by atoms with Gasteiger partial charge in [0.15, 0.2) is 5.78 Å². The molecule has 5 heteroatoms. The number of allylic oxidation sites excluding steroid dienone is 2. The van der Waals surface area contributed by atoms with Crippen molar-refractivity contribution in [2.45, 2.75) is 70.3 Å². The minimum Gasteiger partial charge on any atom is -0.462 e. The molecular formula is C23H26ClNO3. The standard InChI is InChI=1S/C23H26ClNO3/c1-14-20(23(27)28-17-9-3-2-4-10-17)21(15-7-5-8-16(24)13-15)22-18(25-14)11-6-12-19(22)26/h5,7-8,13,17,20-21H,2-4,6,9-12H2,1H3/t20?,21-/m0/s1. The quantitative estimate of drug-likeness (QED) is 0.639. The van der Waals surface area contributed by atoms with Crippen LogP contribution in [0.4, 0.5) is 0 Å². The molecule has 1 aliphatic heterocycles. The van der Waals surface area contributed by atoms with E-state index in [0.29, 0.717) is 17.0 Å². The Morgan fingerprint density at radius 2 is 1.93 bits per heavy atom. The first-order valence-corrected chi connectivity index (χ1v) is 10.7. The van der Waals surface area contributed by atoms with E-state index in [2.05, 4.69) is 0 Å². The van der Waals surface area contributed by atoms with E-state index in [1.165, 1.54) is 6.42 Å². The summed E-state index contributed by atoms with van der Waals surface area (Å²) in [6.45, 7) is 1.88. The molecule has 2 atom stereocenters. The molecule has 1 unspecified atom stereocenters. The number of hydrogen-bond donors (Lipinski definition) is 0. The molecule has 3 aliphatic rings. The fraction of sp³-hybridized carbons (Fsp3) is 0.522. The van der Waals surface area contributed by atoms with Crippen LogP contribution in [0, 0.1) is 5.92 Å². The molecular weight excluding hydrogens is 374 g/mol. The summed E-state index contributed by atoms with van der Waals surface area (Å²) in [5.74, 6) is -1.10. The molecule has 4 rings (SSSR count). The lowest BCUT2D eigenvalue weighted by Gasteiger charge is -2.35. The second-order valence-electron chi connectivity index (χ2n) is 8.10. The second-order valence-corrected chi connectivity index (χ2v) is 8.53. The van der Waals surface area contributed by atoms with Crippen molar-refractivity contribution in [1.82, 2.24) is 0 Å². The minimum atomic E-state index is -0.568. The van der Waals surface area contributed by atoms with Crippen LogP contribution < -0.4 is 0 Å². The van der Waals surface area contributed by atoms with Crippen LogP contribution in [-0.2, 0) is 14.3 Å². The predicted molar refractivity (Wildman–Crippen MR) is 110 cm³/mol. The Balaban J connectivity index is 1.72. The SMILES string of the molecule is CC1=NC2=C(C(=O)CCC2)[C@@H](c2cccc(Cl)c2)C1C(=O)OC1CCCCC1. The van der Waals surface area contributed by atoms with E-state index < -0.39 is 5.92 Å². The number of carbonyl (C=O) groups excluding carboxylic acids is 2. The van der Waals surface area contributed by atoms with Gasteiger partial charge in [-0.2, -0.15) is 0 Å². The Kier molecular flexibility index (Phi) is 5.68.